The summed E-state index contributed by atoms with van der Waals surface area (Å²) in [5.41, 5.74) is 2.45. The lowest BCUT2D eigenvalue weighted by molar-refractivity contribution is -0.123. The van der Waals surface area contributed by atoms with Crippen molar-refractivity contribution in [3.05, 3.63) is 23.3 Å². The SMILES string of the molecule is COc1c(C)ccc(NC(=O)C(C)(C)C)c1C. The van der Waals surface area contributed by atoms with Crippen LogP contribution in [0.2, 0.25) is 0 Å². The van der Waals surface area contributed by atoms with Crippen LogP contribution in [0.3, 0.4) is 0 Å². The number of hydrogen-bond acceptors (Lipinski definition) is 2. The molecule has 1 aromatic carbocycles. The minimum absolute atomic E-state index is 0.00602. The number of rotatable bonds is 2. The van der Waals surface area contributed by atoms with Gasteiger partial charge in [-0.05, 0) is 25.5 Å². The van der Waals surface area contributed by atoms with E-state index in [0.29, 0.717) is 0 Å². The van der Waals surface area contributed by atoms with Crippen LogP contribution in [-0.2, 0) is 4.79 Å². The molecule has 0 unspecified atom stereocenters. The van der Waals surface area contributed by atoms with E-state index in [-0.39, 0.29) is 5.91 Å². The molecule has 0 heterocycles. The Morgan fingerprint density at radius 2 is 1.82 bits per heavy atom. The van der Waals surface area contributed by atoms with Crippen LogP contribution in [0.1, 0.15) is 31.9 Å². The number of hydrogen-bond donors (Lipinski definition) is 1. The second kappa shape index (κ2) is 4.78. The number of carbonyl (C=O) groups is 1. The van der Waals surface area contributed by atoms with Gasteiger partial charge < -0.3 is 10.1 Å². The molecule has 1 amide bonds. The van der Waals surface area contributed by atoms with Crippen molar-refractivity contribution in [2.24, 2.45) is 5.41 Å². The molecule has 0 aliphatic heterocycles. The van der Waals surface area contributed by atoms with Crippen molar-refractivity contribution < 1.29 is 9.53 Å². The van der Waals surface area contributed by atoms with E-state index < -0.39 is 5.41 Å². The third-order valence-electron chi connectivity index (χ3n) is 2.74. The summed E-state index contributed by atoms with van der Waals surface area (Å²) in [5.74, 6) is 0.836. The molecule has 1 N–H and O–H groups in total. The van der Waals surface area contributed by atoms with Crippen LogP contribution in [0.5, 0.6) is 5.75 Å². The van der Waals surface area contributed by atoms with Gasteiger partial charge >= 0.3 is 0 Å². The first kappa shape index (κ1) is 13.6. The van der Waals surface area contributed by atoms with Gasteiger partial charge in [-0.1, -0.05) is 26.8 Å². The molecule has 0 aliphatic carbocycles. The Balaban J connectivity index is 3.05. The molecule has 94 valence electrons. The standard InChI is InChI=1S/C14H21NO2/c1-9-7-8-11(10(2)12(9)17-6)15-13(16)14(3,4)5/h7-8H,1-6H3,(H,15,16). The Bertz CT molecular complexity index is 431. The minimum Gasteiger partial charge on any atom is -0.496 e. The topological polar surface area (TPSA) is 38.3 Å². The average Bonchev–Trinajstić information content (AvgIpc) is 2.21. The lowest BCUT2D eigenvalue weighted by Gasteiger charge is -2.20. The molecule has 0 fully saturated rings. The maximum atomic E-state index is 11.9. The van der Waals surface area contributed by atoms with Crippen LogP contribution in [0.15, 0.2) is 12.1 Å². The molecule has 0 saturated carbocycles. The summed E-state index contributed by atoms with van der Waals surface area (Å²) in [6.07, 6.45) is 0. The fraction of sp³-hybridized carbons (Fsp3) is 0.500. The minimum atomic E-state index is -0.398. The normalized spacial score (nSPS) is 11.2. The van der Waals surface area contributed by atoms with Gasteiger partial charge in [0.25, 0.3) is 0 Å². The molecule has 3 heteroatoms. The first-order valence-electron chi connectivity index (χ1n) is 5.73. The van der Waals surface area contributed by atoms with Crippen LogP contribution < -0.4 is 10.1 Å². The molecule has 0 spiro atoms. The van der Waals surface area contributed by atoms with Gasteiger partial charge in [0.05, 0.1) is 7.11 Å². The first-order chi connectivity index (χ1) is 7.77. The third-order valence-corrected chi connectivity index (χ3v) is 2.74. The van der Waals surface area contributed by atoms with E-state index >= 15 is 0 Å². The van der Waals surface area contributed by atoms with E-state index in [1.165, 1.54) is 0 Å². The van der Waals surface area contributed by atoms with Crippen molar-refractivity contribution in [3.8, 4) is 5.75 Å². The van der Waals surface area contributed by atoms with Crippen molar-refractivity contribution in [2.45, 2.75) is 34.6 Å². The predicted molar refractivity (Wildman–Crippen MR) is 70.6 cm³/mol. The van der Waals surface area contributed by atoms with Crippen LogP contribution in [-0.4, -0.2) is 13.0 Å². The second-order valence-electron chi connectivity index (χ2n) is 5.29. The predicted octanol–water partition coefficient (Wildman–Crippen LogP) is 3.30. The molecule has 1 rings (SSSR count). The molecule has 0 radical (unpaired) electrons. The van der Waals surface area contributed by atoms with Gasteiger partial charge in [0, 0.05) is 16.7 Å². The highest BCUT2D eigenvalue weighted by atomic mass is 16.5. The van der Waals surface area contributed by atoms with Crippen molar-refractivity contribution in [1.82, 2.24) is 0 Å². The summed E-state index contributed by atoms with van der Waals surface area (Å²) < 4.78 is 5.33. The Kier molecular flexibility index (Phi) is 3.81. The zero-order valence-electron chi connectivity index (χ0n) is 11.5. The number of nitrogens with one attached hydrogen (secondary N) is 1. The van der Waals surface area contributed by atoms with Gasteiger partial charge in [-0.25, -0.2) is 0 Å². The van der Waals surface area contributed by atoms with E-state index in [2.05, 4.69) is 5.32 Å². The maximum Gasteiger partial charge on any atom is 0.229 e. The monoisotopic (exact) mass is 235 g/mol. The summed E-state index contributed by atoms with van der Waals surface area (Å²) in [4.78, 5) is 11.9. The van der Waals surface area contributed by atoms with E-state index in [0.717, 1.165) is 22.6 Å². The first-order valence-corrected chi connectivity index (χ1v) is 5.73. The highest BCUT2D eigenvalue weighted by Gasteiger charge is 2.22. The van der Waals surface area contributed by atoms with Crippen LogP contribution >= 0.6 is 0 Å². The highest BCUT2D eigenvalue weighted by Crippen LogP contribution is 2.30. The van der Waals surface area contributed by atoms with Gasteiger partial charge in [-0.2, -0.15) is 0 Å². The van der Waals surface area contributed by atoms with Crippen molar-refractivity contribution >= 4 is 11.6 Å². The summed E-state index contributed by atoms with van der Waals surface area (Å²) >= 11 is 0. The Hall–Kier alpha value is -1.51. The fourth-order valence-corrected chi connectivity index (χ4v) is 1.59. The molecule has 1 aromatic rings. The molecule has 0 aromatic heterocycles. The van der Waals surface area contributed by atoms with Gasteiger partial charge in [0.1, 0.15) is 5.75 Å². The lowest BCUT2D eigenvalue weighted by Crippen LogP contribution is -2.28. The molecular formula is C14H21NO2. The number of ether oxygens (including phenoxy) is 1. The van der Waals surface area contributed by atoms with E-state index in [1.807, 2.05) is 46.8 Å². The zero-order chi connectivity index (χ0) is 13.2. The van der Waals surface area contributed by atoms with Gasteiger partial charge in [0.2, 0.25) is 5.91 Å². The quantitative estimate of drug-likeness (QED) is 0.854. The van der Waals surface area contributed by atoms with E-state index in [9.17, 15) is 4.79 Å². The Morgan fingerprint density at radius 3 is 2.29 bits per heavy atom. The molecular weight excluding hydrogens is 214 g/mol. The van der Waals surface area contributed by atoms with Crippen molar-refractivity contribution in [2.75, 3.05) is 12.4 Å². The number of methoxy groups -OCH3 is 1. The number of amides is 1. The van der Waals surface area contributed by atoms with E-state index in [4.69, 9.17) is 4.74 Å². The summed E-state index contributed by atoms with van der Waals surface area (Å²) in [7, 11) is 1.64. The molecule has 0 atom stereocenters. The second-order valence-corrected chi connectivity index (χ2v) is 5.29. The molecule has 0 aliphatic rings. The Labute approximate surface area is 103 Å². The van der Waals surface area contributed by atoms with Crippen LogP contribution in [0.4, 0.5) is 5.69 Å². The summed E-state index contributed by atoms with van der Waals surface area (Å²) in [6.45, 7) is 9.61. The maximum absolute atomic E-state index is 11.9. The fourth-order valence-electron chi connectivity index (χ4n) is 1.59. The van der Waals surface area contributed by atoms with Gasteiger partial charge in [-0.15, -0.1) is 0 Å². The molecule has 3 nitrogen and oxygen atoms in total. The van der Waals surface area contributed by atoms with Gasteiger partial charge in [-0.3, -0.25) is 4.79 Å². The third kappa shape index (κ3) is 2.99. The summed E-state index contributed by atoms with van der Waals surface area (Å²) in [6, 6.07) is 3.86. The largest absolute Gasteiger partial charge is 0.496 e. The number of aryl methyl sites for hydroxylation is 1. The Morgan fingerprint density at radius 1 is 1.24 bits per heavy atom. The number of anilines is 1. The zero-order valence-corrected chi connectivity index (χ0v) is 11.5. The number of carbonyl (C=O) groups excluding carboxylic acids is 1. The molecule has 0 bridgehead atoms. The highest BCUT2D eigenvalue weighted by molar-refractivity contribution is 5.95. The van der Waals surface area contributed by atoms with E-state index in [1.54, 1.807) is 7.11 Å². The average molecular weight is 235 g/mol. The smallest absolute Gasteiger partial charge is 0.229 e. The summed E-state index contributed by atoms with van der Waals surface area (Å²) in [5, 5.41) is 2.93. The number of benzene rings is 1. The van der Waals surface area contributed by atoms with Crippen LogP contribution in [0.25, 0.3) is 0 Å². The lowest BCUT2D eigenvalue weighted by atomic mass is 9.95. The molecule has 17 heavy (non-hydrogen) atoms. The van der Waals surface area contributed by atoms with Crippen molar-refractivity contribution in [1.29, 1.82) is 0 Å². The van der Waals surface area contributed by atoms with Crippen molar-refractivity contribution in [3.63, 3.8) is 0 Å². The molecule has 0 saturated heterocycles. The van der Waals surface area contributed by atoms with Crippen LogP contribution in [0, 0.1) is 19.3 Å². The van der Waals surface area contributed by atoms with Gasteiger partial charge in [0.15, 0.2) is 0 Å².